The molecule has 0 unspecified atom stereocenters. The van der Waals surface area contributed by atoms with Gasteiger partial charge in [0.2, 0.25) is 0 Å². The van der Waals surface area contributed by atoms with Crippen LogP contribution in [0.5, 0.6) is 0 Å². The third-order valence-electron chi connectivity index (χ3n) is 4.27. The van der Waals surface area contributed by atoms with Crippen molar-refractivity contribution in [3.8, 4) is 11.3 Å². The highest BCUT2D eigenvalue weighted by Crippen LogP contribution is 2.27. The van der Waals surface area contributed by atoms with Crippen molar-refractivity contribution in [2.24, 2.45) is 5.73 Å². The number of nitrogens with zero attached hydrogens (tertiary/aromatic N) is 3. The molecule has 122 valence electrons. The highest BCUT2D eigenvalue weighted by Gasteiger charge is 2.16. The van der Waals surface area contributed by atoms with Crippen LogP contribution in [-0.2, 0) is 6.54 Å². The third-order valence-corrected chi connectivity index (χ3v) is 4.27. The second kappa shape index (κ2) is 5.61. The molecule has 0 amide bonds. The number of rotatable bonds is 4. The number of H-pyrrole nitrogens is 1. The van der Waals surface area contributed by atoms with Gasteiger partial charge in [0, 0.05) is 29.3 Å². The van der Waals surface area contributed by atoms with Gasteiger partial charge in [0.05, 0.1) is 10.9 Å². The van der Waals surface area contributed by atoms with E-state index in [0.29, 0.717) is 24.0 Å². The zero-order chi connectivity index (χ0) is 16.7. The number of hydrogen-bond acceptors (Lipinski definition) is 5. The van der Waals surface area contributed by atoms with Gasteiger partial charge in [0.25, 0.3) is 5.56 Å². The molecule has 1 aromatic carbocycles. The molecule has 4 rings (SSSR count). The summed E-state index contributed by atoms with van der Waals surface area (Å²) in [6.07, 6.45) is 2.28. The summed E-state index contributed by atoms with van der Waals surface area (Å²) in [4.78, 5) is 12.9. The lowest BCUT2D eigenvalue weighted by Crippen LogP contribution is -2.22. The van der Waals surface area contributed by atoms with Crippen LogP contribution < -0.4 is 11.3 Å². The normalized spacial score (nSPS) is 11.6. The quantitative estimate of drug-likeness (QED) is 0.599. The molecule has 0 saturated carbocycles. The number of nitrogens with two attached hydrogens (primary N) is 1. The van der Waals surface area contributed by atoms with Crippen LogP contribution >= 0.6 is 0 Å². The van der Waals surface area contributed by atoms with Crippen LogP contribution in [0.25, 0.3) is 33.1 Å². The monoisotopic (exact) mass is 323 g/mol. The molecular formula is C17H17N5O2. The predicted octanol–water partition coefficient (Wildman–Crippen LogP) is 2.19. The largest absolute Gasteiger partial charge is 0.364 e. The van der Waals surface area contributed by atoms with E-state index in [1.807, 2.05) is 25.1 Å². The number of benzene rings is 1. The maximum atomic E-state index is 12.9. The summed E-state index contributed by atoms with van der Waals surface area (Å²) in [5.74, 6) is 0. The average Bonchev–Trinajstić information content (AvgIpc) is 3.24. The van der Waals surface area contributed by atoms with E-state index in [1.54, 1.807) is 10.6 Å². The van der Waals surface area contributed by atoms with Gasteiger partial charge in [-0.15, -0.1) is 0 Å². The number of aromatic amines is 1. The Balaban J connectivity index is 2.08. The molecule has 0 aliphatic carbocycles. The fourth-order valence-electron chi connectivity index (χ4n) is 3.08. The Labute approximate surface area is 137 Å². The van der Waals surface area contributed by atoms with Crippen LogP contribution in [0, 0.1) is 6.92 Å². The van der Waals surface area contributed by atoms with Crippen molar-refractivity contribution in [1.29, 1.82) is 0 Å². The van der Waals surface area contributed by atoms with Crippen molar-refractivity contribution in [1.82, 2.24) is 19.9 Å². The number of aryl methyl sites for hydroxylation is 2. The predicted molar refractivity (Wildman–Crippen MR) is 91.8 cm³/mol. The minimum Gasteiger partial charge on any atom is -0.364 e. The molecule has 0 bridgehead atoms. The maximum Gasteiger partial charge on any atom is 0.262 e. The van der Waals surface area contributed by atoms with Crippen molar-refractivity contribution in [3.05, 3.63) is 46.6 Å². The smallest absolute Gasteiger partial charge is 0.262 e. The summed E-state index contributed by atoms with van der Waals surface area (Å²) in [7, 11) is 0. The van der Waals surface area contributed by atoms with Crippen LogP contribution in [-0.4, -0.2) is 26.5 Å². The number of aromatic nitrogens is 4. The first-order valence-electron chi connectivity index (χ1n) is 7.82. The van der Waals surface area contributed by atoms with E-state index in [-0.39, 0.29) is 5.56 Å². The maximum absolute atomic E-state index is 12.9. The van der Waals surface area contributed by atoms with Gasteiger partial charge >= 0.3 is 0 Å². The molecule has 24 heavy (non-hydrogen) atoms. The minimum atomic E-state index is -0.0358. The number of hydrogen-bond donors (Lipinski definition) is 2. The Kier molecular flexibility index (Phi) is 3.42. The Morgan fingerprint density at radius 3 is 2.96 bits per heavy atom. The Bertz CT molecular complexity index is 1080. The molecule has 3 heterocycles. The first-order chi connectivity index (χ1) is 11.7. The Hall–Kier alpha value is -2.93. The standard InChI is InChI=1S/C17H17N5O2/c1-10-15-16(20-19-10)12-9-11(13-5-8-24-21-13)3-4-14(12)22(17(15)23)7-2-6-18/h3-5,8-9H,2,6-7,18H2,1H3,(H,19,20). The van der Waals surface area contributed by atoms with Gasteiger partial charge in [-0.1, -0.05) is 11.2 Å². The molecule has 3 aromatic heterocycles. The second-order valence-corrected chi connectivity index (χ2v) is 5.79. The van der Waals surface area contributed by atoms with Gasteiger partial charge in [-0.05, 0) is 32.0 Å². The topological polar surface area (TPSA) is 103 Å². The lowest BCUT2D eigenvalue weighted by molar-refractivity contribution is 0.422. The van der Waals surface area contributed by atoms with E-state index < -0.39 is 0 Å². The summed E-state index contributed by atoms with van der Waals surface area (Å²) in [6, 6.07) is 7.66. The zero-order valence-corrected chi connectivity index (χ0v) is 13.2. The van der Waals surface area contributed by atoms with E-state index >= 15 is 0 Å². The molecule has 0 atom stereocenters. The molecule has 0 spiro atoms. The first-order valence-corrected chi connectivity index (χ1v) is 7.82. The van der Waals surface area contributed by atoms with Crippen LogP contribution in [0.4, 0.5) is 0 Å². The molecule has 0 radical (unpaired) electrons. The zero-order valence-electron chi connectivity index (χ0n) is 13.2. The second-order valence-electron chi connectivity index (χ2n) is 5.79. The summed E-state index contributed by atoms with van der Waals surface area (Å²) in [6.45, 7) is 2.97. The fraction of sp³-hybridized carbons (Fsp3) is 0.235. The van der Waals surface area contributed by atoms with Crippen molar-refractivity contribution in [2.75, 3.05) is 6.54 Å². The lowest BCUT2D eigenvalue weighted by atomic mass is 10.1. The summed E-state index contributed by atoms with van der Waals surface area (Å²) >= 11 is 0. The summed E-state index contributed by atoms with van der Waals surface area (Å²) in [5.41, 5.74) is 9.56. The van der Waals surface area contributed by atoms with Gasteiger partial charge in [0.1, 0.15) is 17.5 Å². The number of pyridine rings is 1. The Morgan fingerprint density at radius 1 is 1.33 bits per heavy atom. The van der Waals surface area contributed by atoms with Crippen molar-refractivity contribution >= 4 is 21.8 Å². The minimum absolute atomic E-state index is 0.0358. The van der Waals surface area contributed by atoms with Gasteiger partial charge < -0.3 is 14.8 Å². The molecule has 0 saturated heterocycles. The third kappa shape index (κ3) is 2.13. The van der Waals surface area contributed by atoms with Gasteiger partial charge in [-0.3, -0.25) is 9.89 Å². The highest BCUT2D eigenvalue weighted by atomic mass is 16.5. The van der Waals surface area contributed by atoms with E-state index in [0.717, 1.165) is 34.3 Å². The van der Waals surface area contributed by atoms with Crippen LogP contribution in [0.3, 0.4) is 0 Å². The van der Waals surface area contributed by atoms with E-state index in [9.17, 15) is 4.79 Å². The number of fused-ring (bicyclic) bond motifs is 3. The highest BCUT2D eigenvalue weighted by molar-refractivity contribution is 6.05. The van der Waals surface area contributed by atoms with Crippen LogP contribution in [0.15, 0.2) is 39.8 Å². The van der Waals surface area contributed by atoms with E-state index in [4.69, 9.17) is 10.3 Å². The number of nitrogens with one attached hydrogen (secondary N) is 1. The molecule has 3 N–H and O–H groups in total. The molecule has 0 aliphatic rings. The molecular weight excluding hydrogens is 306 g/mol. The Morgan fingerprint density at radius 2 is 2.21 bits per heavy atom. The fourth-order valence-corrected chi connectivity index (χ4v) is 3.08. The summed E-state index contributed by atoms with van der Waals surface area (Å²) < 4.78 is 6.71. The van der Waals surface area contributed by atoms with Gasteiger partial charge in [-0.25, -0.2) is 0 Å². The van der Waals surface area contributed by atoms with Crippen molar-refractivity contribution in [2.45, 2.75) is 19.9 Å². The molecule has 7 nitrogen and oxygen atoms in total. The van der Waals surface area contributed by atoms with Crippen LogP contribution in [0.2, 0.25) is 0 Å². The molecule has 0 fully saturated rings. The van der Waals surface area contributed by atoms with E-state index in [1.165, 1.54) is 6.26 Å². The van der Waals surface area contributed by atoms with Crippen molar-refractivity contribution < 1.29 is 4.52 Å². The average molecular weight is 323 g/mol. The molecule has 4 aromatic rings. The molecule has 0 aliphatic heterocycles. The van der Waals surface area contributed by atoms with Gasteiger partial charge in [0.15, 0.2) is 0 Å². The van der Waals surface area contributed by atoms with Gasteiger partial charge in [-0.2, -0.15) is 5.10 Å². The van der Waals surface area contributed by atoms with Crippen LogP contribution in [0.1, 0.15) is 12.1 Å². The van der Waals surface area contributed by atoms with E-state index in [2.05, 4.69) is 15.4 Å². The SMILES string of the molecule is Cc1[nH]nc2c1c(=O)n(CCCN)c1ccc(-c3ccon3)cc21. The summed E-state index contributed by atoms with van der Waals surface area (Å²) in [5, 5.41) is 12.8. The van der Waals surface area contributed by atoms with Crippen molar-refractivity contribution in [3.63, 3.8) is 0 Å². The first kappa shape index (κ1) is 14.6. The lowest BCUT2D eigenvalue weighted by Gasteiger charge is -2.11. The molecule has 7 heteroatoms.